The monoisotopic (exact) mass is 301 g/mol. The van der Waals surface area contributed by atoms with Gasteiger partial charge in [0.1, 0.15) is 0 Å². The molecule has 0 amide bonds. The van der Waals surface area contributed by atoms with Gasteiger partial charge in [0.15, 0.2) is 9.84 Å². The number of fused-ring (bicyclic) bond motifs is 2. The lowest BCUT2D eigenvalue weighted by atomic mass is 10.1. The van der Waals surface area contributed by atoms with Gasteiger partial charge in [-0.2, -0.15) is 0 Å². The summed E-state index contributed by atoms with van der Waals surface area (Å²) >= 11 is 0. The first kappa shape index (κ1) is 14.8. The highest BCUT2D eigenvalue weighted by Gasteiger charge is 2.34. The van der Waals surface area contributed by atoms with E-state index in [-0.39, 0.29) is 6.04 Å². The van der Waals surface area contributed by atoms with Crippen LogP contribution in [0.2, 0.25) is 0 Å². The van der Waals surface area contributed by atoms with E-state index >= 15 is 0 Å². The standard InChI is InChI=1S/C14H27N3O2S/c1-16-13-2-3-14(16)10-17(8-5-13)7-4-12-11-20(18,19)9-6-15-12/h12-15H,2-11H2,1H3. The molecule has 3 fully saturated rings. The highest BCUT2D eigenvalue weighted by Crippen LogP contribution is 2.28. The maximum absolute atomic E-state index is 11.7. The van der Waals surface area contributed by atoms with Crippen molar-refractivity contribution in [1.29, 1.82) is 0 Å². The van der Waals surface area contributed by atoms with Crippen molar-refractivity contribution in [3.05, 3.63) is 0 Å². The average molecular weight is 301 g/mol. The minimum absolute atomic E-state index is 0.159. The molecule has 3 heterocycles. The number of hydrogen-bond acceptors (Lipinski definition) is 5. The van der Waals surface area contributed by atoms with Crippen LogP contribution in [0, 0.1) is 0 Å². The maximum atomic E-state index is 11.7. The summed E-state index contributed by atoms with van der Waals surface area (Å²) in [4.78, 5) is 5.10. The zero-order valence-corrected chi connectivity index (χ0v) is 13.2. The Morgan fingerprint density at radius 2 is 2.00 bits per heavy atom. The van der Waals surface area contributed by atoms with Crippen LogP contribution in [0.1, 0.15) is 25.7 Å². The topological polar surface area (TPSA) is 52.7 Å². The lowest BCUT2D eigenvalue weighted by molar-refractivity contribution is 0.213. The predicted molar refractivity (Wildman–Crippen MR) is 80.7 cm³/mol. The predicted octanol–water partition coefficient (Wildman–Crippen LogP) is -0.0684. The highest BCUT2D eigenvalue weighted by molar-refractivity contribution is 7.91. The SMILES string of the molecule is CN1C2CCC1CN(CCC1CS(=O)(=O)CCN1)CC2. The molecule has 6 heteroatoms. The summed E-state index contributed by atoms with van der Waals surface area (Å²) < 4.78 is 23.3. The summed E-state index contributed by atoms with van der Waals surface area (Å²) in [5, 5.41) is 3.36. The van der Waals surface area contributed by atoms with Gasteiger partial charge in [-0.1, -0.05) is 0 Å². The number of sulfone groups is 1. The molecule has 0 spiro atoms. The second-order valence-corrected chi connectivity index (χ2v) is 8.92. The molecule has 3 rings (SSSR count). The highest BCUT2D eigenvalue weighted by atomic mass is 32.2. The molecule has 3 aliphatic heterocycles. The number of hydrogen-bond donors (Lipinski definition) is 1. The minimum atomic E-state index is -2.80. The molecule has 5 nitrogen and oxygen atoms in total. The first-order chi connectivity index (χ1) is 9.53. The average Bonchev–Trinajstić information content (AvgIpc) is 2.61. The molecule has 3 aliphatic rings. The van der Waals surface area contributed by atoms with Gasteiger partial charge in [0.05, 0.1) is 11.5 Å². The van der Waals surface area contributed by atoms with Crippen molar-refractivity contribution in [1.82, 2.24) is 15.1 Å². The molecular formula is C14H27N3O2S. The third-order valence-electron chi connectivity index (χ3n) is 5.33. The molecule has 3 saturated heterocycles. The molecule has 20 heavy (non-hydrogen) atoms. The second-order valence-electron chi connectivity index (χ2n) is 6.69. The lowest BCUT2D eigenvalue weighted by Gasteiger charge is -2.29. The van der Waals surface area contributed by atoms with Crippen molar-refractivity contribution in [3.8, 4) is 0 Å². The van der Waals surface area contributed by atoms with Crippen molar-refractivity contribution < 1.29 is 8.42 Å². The van der Waals surface area contributed by atoms with Crippen molar-refractivity contribution in [2.45, 2.75) is 43.8 Å². The van der Waals surface area contributed by atoms with Crippen LogP contribution in [0.15, 0.2) is 0 Å². The Bertz CT molecular complexity index is 440. The molecular weight excluding hydrogens is 274 g/mol. The van der Waals surface area contributed by atoms with E-state index < -0.39 is 9.84 Å². The molecule has 0 radical (unpaired) electrons. The third-order valence-corrected chi connectivity index (χ3v) is 7.06. The Hall–Kier alpha value is -0.170. The Morgan fingerprint density at radius 1 is 1.20 bits per heavy atom. The van der Waals surface area contributed by atoms with Gasteiger partial charge in [-0.25, -0.2) is 8.42 Å². The van der Waals surface area contributed by atoms with E-state index in [4.69, 9.17) is 0 Å². The number of rotatable bonds is 3. The van der Waals surface area contributed by atoms with E-state index in [2.05, 4.69) is 22.2 Å². The molecule has 0 aromatic heterocycles. The van der Waals surface area contributed by atoms with Crippen LogP contribution in [0.3, 0.4) is 0 Å². The minimum Gasteiger partial charge on any atom is -0.312 e. The molecule has 3 atom stereocenters. The molecule has 1 N–H and O–H groups in total. The van der Waals surface area contributed by atoms with Gasteiger partial charge in [-0.3, -0.25) is 4.90 Å². The van der Waals surface area contributed by atoms with Gasteiger partial charge >= 0.3 is 0 Å². The quantitative estimate of drug-likeness (QED) is 0.791. The number of likely N-dealkylation sites (N-methyl/N-ethyl adjacent to an activating group) is 1. The Balaban J connectivity index is 1.49. The van der Waals surface area contributed by atoms with E-state index in [1.165, 1.54) is 25.8 Å². The Kier molecular flexibility index (Phi) is 4.36. The van der Waals surface area contributed by atoms with Crippen molar-refractivity contribution in [2.24, 2.45) is 0 Å². The van der Waals surface area contributed by atoms with Crippen LogP contribution in [-0.2, 0) is 9.84 Å². The Morgan fingerprint density at radius 3 is 2.80 bits per heavy atom. The van der Waals surface area contributed by atoms with E-state index in [0.717, 1.165) is 25.6 Å². The van der Waals surface area contributed by atoms with Gasteiger partial charge in [0.2, 0.25) is 0 Å². The van der Waals surface area contributed by atoms with Crippen LogP contribution in [0.5, 0.6) is 0 Å². The van der Waals surface area contributed by atoms with Crippen LogP contribution in [0.25, 0.3) is 0 Å². The third kappa shape index (κ3) is 3.35. The largest absolute Gasteiger partial charge is 0.312 e. The normalized spacial score (nSPS) is 38.8. The summed E-state index contributed by atoms with van der Waals surface area (Å²) in [7, 11) is -0.533. The summed E-state index contributed by atoms with van der Waals surface area (Å²) in [6.45, 7) is 3.99. The molecule has 0 aromatic rings. The molecule has 0 aromatic carbocycles. The van der Waals surface area contributed by atoms with Crippen LogP contribution in [-0.4, -0.2) is 81.1 Å². The van der Waals surface area contributed by atoms with Gasteiger partial charge in [-0.05, 0) is 45.8 Å². The number of nitrogens with one attached hydrogen (secondary N) is 1. The van der Waals surface area contributed by atoms with Crippen molar-refractivity contribution in [3.63, 3.8) is 0 Å². The molecule has 116 valence electrons. The maximum Gasteiger partial charge on any atom is 0.153 e. The fraction of sp³-hybridized carbons (Fsp3) is 1.00. The van der Waals surface area contributed by atoms with Crippen LogP contribution >= 0.6 is 0 Å². The number of likely N-dealkylation sites (tertiary alicyclic amines) is 1. The second kappa shape index (κ2) is 5.91. The lowest BCUT2D eigenvalue weighted by Crippen LogP contribution is -2.47. The molecule has 0 saturated carbocycles. The summed E-state index contributed by atoms with van der Waals surface area (Å²) in [5.41, 5.74) is 0. The fourth-order valence-electron chi connectivity index (χ4n) is 3.97. The van der Waals surface area contributed by atoms with Gasteiger partial charge in [0, 0.05) is 31.2 Å². The van der Waals surface area contributed by atoms with Crippen molar-refractivity contribution >= 4 is 9.84 Å². The van der Waals surface area contributed by atoms with Crippen LogP contribution < -0.4 is 5.32 Å². The zero-order valence-electron chi connectivity index (χ0n) is 12.4. The molecule has 3 unspecified atom stereocenters. The zero-order chi connectivity index (χ0) is 14.2. The van der Waals surface area contributed by atoms with Gasteiger partial charge < -0.3 is 10.2 Å². The summed E-state index contributed by atoms with van der Waals surface area (Å²) in [6, 6.07) is 1.65. The van der Waals surface area contributed by atoms with E-state index in [9.17, 15) is 8.42 Å². The summed E-state index contributed by atoms with van der Waals surface area (Å²) in [6.07, 6.45) is 4.91. The van der Waals surface area contributed by atoms with Crippen molar-refractivity contribution in [2.75, 3.05) is 44.7 Å². The Labute approximate surface area is 122 Å². The number of nitrogens with zero attached hydrogens (tertiary/aromatic N) is 2. The first-order valence-electron chi connectivity index (χ1n) is 7.91. The smallest absolute Gasteiger partial charge is 0.153 e. The molecule has 0 aliphatic carbocycles. The van der Waals surface area contributed by atoms with E-state index in [0.29, 0.717) is 24.1 Å². The molecule has 2 bridgehead atoms. The van der Waals surface area contributed by atoms with Gasteiger partial charge in [0.25, 0.3) is 0 Å². The van der Waals surface area contributed by atoms with Gasteiger partial charge in [-0.15, -0.1) is 0 Å². The first-order valence-corrected chi connectivity index (χ1v) is 9.74. The van der Waals surface area contributed by atoms with E-state index in [1.807, 2.05) is 0 Å². The van der Waals surface area contributed by atoms with E-state index in [1.54, 1.807) is 0 Å². The fourth-order valence-corrected chi connectivity index (χ4v) is 5.47. The van der Waals surface area contributed by atoms with Crippen LogP contribution in [0.4, 0.5) is 0 Å². The summed E-state index contributed by atoms with van der Waals surface area (Å²) in [5.74, 6) is 0.633.